The zero-order chi connectivity index (χ0) is 14.5. The standard InChI is InChI=1S/C12H17NO4S2/c1-18(14,15)10-4-3-9(12(8-13)5-6-12)7-11(10)19(2,16)17/h3-4,7H,5-6,8,13H2,1-2H3. The third-order valence-corrected chi connectivity index (χ3v) is 6.02. The van der Waals surface area contributed by atoms with Crippen LogP contribution in [-0.2, 0) is 25.1 Å². The Morgan fingerprint density at radius 1 is 1.05 bits per heavy atom. The molecule has 19 heavy (non-hydrogen) atoms. The highest BCUT2D eigenvalue weighted by molar-refractivity contribution is 7.93. The fraction of sp³-hybridized carbons (Fsp3) is 0.500. The monoisotopic (exact) mass is 303 g/mol. The smallest absolute Gasteiger partial charge is 0.176 e. The predicted molar refractivity (Wildman–Crippen MR) is 72.6 cm³/mol. The van der Waals surface area contributed by atoms with E-state index in [1.54, 1.807) is 6.07 Å². The highest BCUT2D eigenvalue weighted by Gasteiger charge is 2.43. The maximum Gasteiger partial charge on any atom is 0.176 e. The van der Waals surface area contributed by atoms with Crippen molar-refractivity contribution in [3.05, 3.63) is 23.8 Å². The summed E-state index contributed by atoms with van der Waals surface area (Å²) in [6.07, 6.45) is 3.84. The van der Waals surface area contributed by atoms with Crippen LogP contribution in [0.1, 0.15) is 18.4 Å². The van der Waals surface area contributed by atoms with Gasteiger partial charge in [0.1, 0.15) is 0 Å². The van der Waals surface area contributed by atoms with Crippen LogP contribution < -0.4 is 5.73 Å². The zero-order valence-electron chi connectivity index (χ0n) is 10.9. The number of hydrogen-bond donors (Lipinski definition) is 1. The molecule has 1 aliphatic carbocycles. The van der Waals surface area contributed by atoms with Crippen LogP contribution >= 0.6 is 0 Å². The maximum atomic E-state index is 11.8. The molecule has 0 radical (unpaired) electrons. The van der Waals surface area contributed by atoms with Crippen molar-refractivity contribution in [1.82, 2.24) is 0 Å². The second-order valence-corrected chi connectivity index (χ2v) is 9.16. The van der Waals surface area contributed by atoms with Crippen LogP contribution in [-0.4, -0.2) is 35.9 Å². The highest BCUT2D eigenvalue weighted by Crippen LogP contribution is 2.48. The van der Waals surface area contributed by atoms with Crippen molar-refractivity contribution in [3.63, 3.8) is 0 Å². The molecule has 0 atom stereocenters. The molecule has 2 rings (SSSR count). The quantitative estimate of drug-likeness (QED) is 0.873. The fourth-order valence-electron chi connectivity index (χ4n) is 2.20. The largest absolute Gasteiger partial charge is 0.330 e. The molecule has 5 nitrogen and oxygen atoms in total. The van der Waals surface area contributed by atoms with Crippen molar-refractivity contribution in [2.75, 3.05) is 19.1 Å². The number of hydrogen-bond acceptors (Lipinski definition) is 5. The zero-order valence-corrected chi connectivity index (χ0v) is 12.5. The van der Waals surface area contributed by atoms with Gasteiger partial charge in [0.05, 0.1) is 9.79 Å². The molecule has 0 aliphatic heterocycles. The summed E-state index contributed by atoms with van der Waals surface area (Å²) in [5.41, 5.74) is 6.35. The van der Waals surface area contributed by atoms with E-state index in [0.29, 0.717) is 6.54 Å². The second kappa shape index (κ2) is 4.29. The van der Waals surface area contributed by atoms with Gasteiger partial charge in [-0.3, -0.25) is 0 Å². The minimum absolute atomic E-state index is 0.132. The lowest BCUT2D eigenvalue weighted by molar-refractivity contribution is 0.587. The van der Waals surface area contributed by atoms with E-state index in [1.807, 2.05) is 0 Å². The third-order valence-electron chi connectivity index (χ3n) is 3.60. The maximum absolute atomic E-state index is 11.8. The molecule has 0 aromatic heterocycles. The summed E-state index contributed by atoms with van der Waals surface area (Å²) in [7, 11) is -7.18. The van der Waals surface area contributed by atoms with Crippen LogP contribution in [0.5, 0.6) is 0 Å². The first-order valence-electron chi connectivity index (χ1n) is 5.85. The van der Waals surface area contributed by atoms with Crippen molar-refractivity contribution in [2.24, 2.45) is 5.73 Å². The van der Waals surface area contributed by atoms with Gasteiger partial charge in [-0.2, -0.15) is 0 Å². The van der Waals surface area contributed by atoms with Gasteiger partial charge in [0.15, 0.2) is 19.7 Å². The number of nitrogens with two attached hydrogens (primary N) is 1. The number of rotatable bonds is 4. The minimum Gasteiger partial charge on any atom is -0.330 e. The van der Waals surface area contributed by atoms with Crippen LogP contribution in [0.2, 0.25) is 0 Å². The Balaban J connectivity index is 2.69. The lowest BCUT2D eigenvalue weighted by Gasteiger charge is -2.15. The van der Waals surface area contributed by atoms with Gasteiger partial charge >= 0.3 is 0 Å². The second-order valence-electron chi connectivity index (χ2n) is 5.19. The minimum atomic E-state index is -3.60. The summed E-state index contributed by atoms with van der Waals surface area (Å²) in [5.74, 6) is 0. The SMILES string of the molecule is CS(=O)(=O)c1ccc(C2(CN)CC2)cc1S(C)(=O)=O. The van der Waals surface area contributed by atoms with Gasteiger partial charge in [0, 0.05) is 24.5 Å². The van der Waals surface area contributed by atoms with Gasteiger partial charge in [-0.25, -0.2) is 16.8 Å². The fourth-order valence-corrected chi connectivity index (χ4v) is 4.62. The Kier molecular flexibility index (Phi) is 3.27. The Morgan fingerprint density at radius 3 is 1.95 bits per heavy atom. The summed E-state index contributed by atoms with van der Waals surface area (Å²) < 4.78 is 46.9. The van der Waals surface area contributed by atoms with Gasteiger partial charge in [-0.15, -0.1) is 0 Å². The average molecular weight is 303 g/mol. The van der Waals surface area contributed by atoms with Crippen molar-refractivity contribution < 1.29 is 16.8 Å². The first-order chi connectivity index (χ1) is 8.60. The highest BCUT2D eigenvalue weighted by atomic mass is 32.2. The molecule has 1 saturated carbocycles. The average Bonchev–Trinajstić information content (AvgIpc) is 3.06. The summed E-state index contributed by atoms with van der Waals surface area (Å²) in [5, 5.41) is 0. The first-order valence-corrected chi connectivity index (χ1v) is 9.63. The molecule has 1 aliphatic rings. The Bertz CT molecular complexity index is 716. The van der Waals surface area contributed by atoms with Gasteiger partial charge in [-0.05, 0) is 30.5 Å². The molecule has 0 amide bonds. The Hall–Kier alpha value is -0.920. The first kappa shape index (κ1) is 14.5. The van der Waals surface area contributed by atoms with E-state index in [4.69, 9.17) is 5.73 Å². The molecule has 0 saturated heterocycles. The van der Waals surface area contributed by atoms with Gasteiger partial charge in [-0.1, -0.05) is 6.07 Å². The Morgan fingerprint density at radius 2 is 1.58 bits per heavy atom. The van der Waals surface area contributed by atoms with Crippen molar-refractivity contribution in [2.45, 2.75) is 28.0 Å². The van der Waals surface area contributed by atoms with Gasteiger partial charge < -0.3 is 5.73 Å². The number of sulfone groups is 2. The molecular weight excluding hydrogens is 286 g/mol. The van der Waals surface area contributed by atoms with E-state index < -0.39 is 19.7 Å². The van der Waals surface area contributed by atoms with E-state index >= 15 is 0 Å². The molecule has 1 fully saturated rings. The van der Waals surface area contributed by atoms with E-state index in [1.165, 1.54) is 12.1 Å². The molecule has 2 N–H and O–H groups in total. The topological polar surface area (TPSA) is 94.3 Å². The van der Waals surface area contributed by atoms with Crippen LogP contribution in [0, 0.1) is 0 Å². The third kappa shape index (κ3) is 2.68. The molecule has 0 heterocycles. The predicted octanol–water partition coefficient (Wildman–Crippen LogP) is 0.484. The normalized spacial score (nSPS) is 18.3. The van der Waals surface area contributed by atoms with Crippen LogP contribution in [0.25, 0.3) is 0 Å². The summed E-state index contributed by atoms with van der Waals surface area (Å²) >= 11 is 0. The summed E-state index contributed by atoms with van der Waals surface area (Å²) in [4.78, 5) is -0.279. The molecule has 1 aromatic rings. The van der Waals surface area contributed by atoms with E-state index in [0.717, 1.165) is 30.9 Å². The molecule has 7 heteroatoms. The van der Waals surface area contributed by atoms with Crippen LogP contribution in [0.15, 0.2) is 28.0 Å². The van der Waals surface area contributed by atoms with E-state index in [2.05, 4.69) is 0 Å². The van der Waals surface area contributed by atoms with Gasteiger partial charge in [0.25, 0.3) is 0 Å². The summed E-state index contributed by atoms with van der Waals surface area (Å²) in [6.45, 7) is 0.439. The van der Waals surface area contributed by atoms with E-state index in [-0.39, 0.29) is 15.2 Å². The summed E-state index contributed by atoms with van der Waals surface area (Å²) in [6, 6.07) is 4.51. The number of benzene rings is 1. The Labute approximate surface area is 113 Å². The van der Waals surface area contributed by atoms with Crippen molar-refractivity contribution in [3.8, 4) is 0 Å². The molecule has 0 unspecified atom stereocenters. The lowest BCUT2D eigenvalue weighted by atomic mass is 9.96. The van der Waals surface area contributed by atoms with Gasteiger partial charge in [0.2, 0.25) is 0 Å². The molecule has 0 bridgehead atoms. The molecule has 1 aromatic carbocycles. The molecule has 0 spiro atoms. The van der Waals surface area contributed by atoms with Crippen molar-refractivity contribution >= 4 is 19.7 Å². The lowest BCUT2D eigenvalue weighted by Crippen LogP contribution is -2.20. The van der Waals surface area contributed by atoms with E-state index in [9.17, 15) is 16.8 Å². The van der Waals surface area contributed by atoms with Crippen molar-refractivity contribution in [1.29, 1.82) is 0 Å². The molecule has 106 valence electrons. The van der Waals surface area contributed by atoms with Crippen LogP contribution in [0.4, 0.5) is 0 Å². The van der Waals surface area contributed by atoms with Crippen LogP contribution in [0.3, 0.4) is 0 Å². The molecular formula is C12H17NO4S2.